The van der Waals surface area contributed by atoms with Gasteiger partial charge in [0.15, 0.2) is 0 Å². The van der Waals surface area contributed by atoms with E-state index < -0.39 is 0 Å². The summed E-state index contributed by atoms with van der Waals surface area (Å²) in [7, 11) is 0. The van der Waals surface area contributed by atoms with Gasteiger partial charge in [0, 0.05) is 12.5 Å². The lowest BCUT2D eigenvalue weighted by molar-refractivity contribution is 0.0901. The van der Waals surface area contributed by atoms with E-state index in [1.807, 2.05) is 0 Å². The summed E-state index contributed by atoms with van der Waals surface area (Å²) in [5.74, 6) is 2.27. The number of aromatic nitrogens is 3. The highest BCUT2D eigenvalue weighted by molar-refractivity contribution is 5.90. The summed E-state index contributed by atoms with van der Waals surface area (Å²) in [5, 5.41) is 9.88. The Kier molecular flexibility index (Phi) is 4.56. The maximum Gasteiger partial charge on any atom is 0.291 e. The normalized spacial score (nSPS) is 27.2. The standard InChI is InChI=1S/C14H24N4O/c1-4-5-12-16-13(18-17-12)14(19)15-11-7-9(2)6-10(3)8-11/h9-11H,4-8H2,1-3H3,(H,15,19)(H,16,17,18). The number of carbonyl (C=O) groups is 1. The van der Waals surface area contributed by atoms with Crippen molar-refractivity contribution in [1.82, 2.24) is 20.5 Å². The Morgan fingerprint density at radius 1 is 1.32 bits per heavy atom. The van der Waals surface area contributed by atoms with Crippen LogP contribution < -0.4 is 5.32 Å². The Morgan fingerprint density at radius 3 is 2.63 bits per heavy atom. The van der Waals surface area contributed by atoms with Gasteiger partial charge in [-0.25, -0.2) is 4.98 Å². The fourth-order valence-electron chi connectivity index (χ4n) is 3.06. The van der Waals surface area contributed by atoms with E-state index in [2.05, 4.69) is 41.3 Å². The minimum Gasteiger partial charge on any atom is -0.347 e. The molecule has 0 saturated heterocycles. The first-order chi connectivity index (χ1) is 9.08. The van der Waals surface area contributed by atoms with Gasteiger partial charge in [0.2, 0.25) is 5.82 Å². The van der Waals surface area contributed by atoms with Gasteiger partial charge in [-0.1, -0.05) is 20.8 Å². The molecule has 2 unspecified atom stereocenters. The van der Waals surface area contributed by atoms with Crippen molar-refractivity contribution in [3.8, 4) is 0 Å². The molecule has 2 rings (SSSR count). The number of aryl methyl sites for hydroxylation is 1. The molecule has 5 nitrogen and oxygen atoms in total. The van der Waals surface area contributed by atoms with Crippen molar-refractivity contribution < 1.29 is 4.79 Å². The average Bonchev–Trinajstić information content (AvgIpc) is 2.76. The van der Waals surface area contributed by atoms with E-state index in [0.29, 0.717) is 11.8 Å². The van der Waals surface area contributed by atoms with Crippen LogP contribution in [-0.2, 0) is 6.42 Å². The van der Waals surface area contributed by atoms with E-state index in [-0.39, 0.29) is 17.8 Å². The van der Waals surface area contributed by atoms with Gasteiger partial charge < -0.3 is 5.32 Å². The number of amides is 1. The lowest BCUT2D eigenvalue weighted by atomic mass is 9.80. The number of nitrogens with one attached hydrogen (secondary N) is 2. The summed E-state index contributed by atoms with van der Waals surface area (Å²) in [5.41, 5.74) is 0. The average molecular weight is 264 g/mol. The van der Waals surface area contributed by atoms with Gasteiger partial charge in [-0.15, -0.1) is 5.10 Å². The predicted octanol–water partition coefficient (Wildman–Crippen LogP) is 2.31. The van der Waals surface area contributed by atoms with Gasteiger partial charge in [0.25, 0.3) is 5.91 Å². The van der Waals surface area contributed by atoms with Gasteiger partial charge in [-0.3, -0.25) is 9.89 Å². The fraction of sp³-hybridized carbons (Fsp3) is 0.786. The molecular weight excluding hydrogens is 240 g/mol. The molecule has 1 fully saturated rings. The molecule has 0 bridgehead atoms. The van der Waals surface area contributed by atoms with Gasteiger partial charge in [0.1, 0.15) is 5.82 Å². The van der Waals surface area contributed by atoms with Crippen LogP contribution in [0.3, 0.4) is 0 Å². The molecule has 0 radical (unpaired) electrons. The quantitative estimate of drug-likeness (QED) is 0.876. The van der Waals surface area contributed by atoms with Crippen molar-refractivity contribution in [2.75, 3.05) is 0 Å². The van der Waals surface area contributed by atoms with E-state index in [4.69, 9.17) is 0 Å². The number of H-pyrrole nitrogens is 1. The topological polar surface area (TPSA) is 70.7 Å². The van der Waals surface area contributed by atoms with Crippen molar-refractivity contribution in [2.24, 2.45) is 11.8 Å². The zero-order valence-corrected chi connectivity index (χ0v) is 12.1. The van der Waals surface area contributed by atoms with Crippen LogP contribution in [0.2, 0.25) is 0 Å². The summed E-state index contributed by atoms with van der Waals surface area (Å²) in [4.78, 5) is 16.3. The van der Waals surface area contributed by atoms with E-state index in [9.17, 15) is 4.79 Å². The fourth-order valence-corrected chi connectivity index (χ4v) is 3.06. The molecule has 1 amide bonds. The van der Waals surface area contributed by atoms with Crippen LogP contribution in [0.15, 0.2) is 0 Å². The lowest BCUT2D eigenvalue weighted by Gasteiger charge is -2.31. The summed E-state index contributed by atoms with van der Waals surface area (Å²) >= 11 is 0. The molecule has 0 spiro atoms. The van der Waals surface area contributed by atoms with Gasteiger partial charge in [-0.05, 0) is 37.5 Å². The number of hydrogen-bond acceptors (Lipinski definition) is 3. The Labute approximate surface area is 114 Å². The van der Waals surface area contributed by atoms with E-state index >= 15 is 0 Å². The molecule has 1 saturated carbocycles. The number of carbonyl (C=O) groups excluding carboxylic acids is 1. The lowest BCUT2D eigenvalue weighted by Crippen LogP contribution is -2.40. The molecule has 5 heteroatoms. The Morgan fingerprint density at radius 2 is 2.00 bits per heavy atom. The third-order valence-electron chi connectivity index (χ3n) is 3.74. The first-order valence-electron chi connectivity index (χ1n) is 7.30. The van der Waals surface area contributed by atoms with Crippen LogP contribution in [-0.4, -0.2) is 27.1 Å². The SMILES string of the molecule is CCCc1nc(C(=O)NC2CC(C)CC(C)C2)n[nH]1. The smallest absolute Gasteiger partial charge is 0.291 e. The van der Waals surface area contributed by atoms with Crippen LogP contribution in [0.4, 0.5) is 0 Å². The highest BCUT2D eigenvalue weighted by atomic mass is 16.2. The molecule has 1 aliphatic rings. The summed E-state index contributed by atoms with van der Waals surface area (Å²) in [6, 6.07) is 0.263. The molecule has 106 valence electrons. The van der Waals surface area contributed by atoms with Gasteiger partial charge in [-0.2, -0.15) is 0 Å². The second-order valence-electron chi connectivity index (χ2n) is 5.94. The van der Waals surface area contributed by atoms with Crippen molar-refractivity contribution >= 4 is 5.91 Å². The van der Waals surface area contributed by atoms with E-state index in [1.54, 1.807) is 0 Å². The maximum atomic E-state index is 12.1. The Hall–Kier alpha value is -1.39. The van der Waals surface area contributed by atoms with Crippen LogP contribution in [0.25, 0.3) is 0 Å². The maximum absolute atomic E-state index is 12.1. The second kappa shape index (κ2) is 6.17. The van der Waals surface area contributed by atoms with Crippen LogP contribution >= 0.6 is 0 Å². The molecule has 1 aromatic heterocycles. The first-order valence-corrected chi connectivity index (χ1v) is 7.30. The zero-order valence-electron chi connectivity index (χ0n) is 12.1. The largest absolute Gasteiger partial charge is 0.347 e. The minimum absolute atomic E-state index is 0.148. The minimum atomic E-state index is -0.148. The third kappa shape index (κ3) is 3.78. The molecule has 1 heterocycles. The van der Waals surface area contributed by atoms with E-state index in [0.717, 1.165) is 31.5 Å². The molecule has 2 N–H and O–H groups in total. The molecule has 0 aromatic carbocycles. The molecule has 0 aliphatic heterocycles. The molecule has 19 heavy (non-hydrogen) atoms. The summed E-state index contributed by atoms with van der Waals surface area (Å²) in [6.45, 7) is 6.58. The zero-order chi connectivity index (χ0) is 13.8. The van der Waals surface area contributed by atoms with E-state index in [1.165, 1.54) is 6.42 Å². The molecule has 2 atom stereocenters. The second-order valence-corrected chi connectivity index (χ2v) is 5.94. The monoisotopic (exact) mass is 264 g/mol. The van der Waals surface area contributed by atoms with Crippen LogP contribution in [0.5, 0.6) is 0 Å². The Balaban J connectivity index is 1.92. The number of nitrogens with zero attached hydrogens (tertiary/aromatic N) is 2. The Bertz CT molecular complexity index is 419. The van der Waals surface area contributed by atoms with Crippen LogP contribution in [0.1, 0.15) is 62.9 Å². The highest BCUT2D eigenvalue weighted by Gasteiger charge is 2.26. The first kappa shape index (κ1) is 14.0. The van der Waals surface area contributed by atoms with Gasteiger partial charge >= 0.3 is 0 Å². The molecule has 1 aromatic rings. The van der Waals surface area contributed by atoms with Crippen molar-refractivity contribution in [3.63, 3.8) is 0 Å². The molecule has 1 aliphatic carbocycles. The third-order valence-corrected chi connectivity index (χ3v) is 3.74. The predicted molar refractivity (Wildman–Crippen MR) is 73.8 cm³/mol. The van der Waals surface area contributed by atoms with Crippen molar-refractivity contribution in [3.05, 3.63) is 11.6 Å². The number of aromatic amines is 1. The van der Waals surface area contributed by atoms with Crippen LogP contribution in [0, 0.1) is 11.8 Å². The summed E-state index contributed by atoms with van der Waals surface area (Å²) in [6.07, 6.45) is 5.20. The number of hydrogen-bond donors (Lipinski definition) is 2. The van der Waals surface area contributed by atoms with Crippen molar-refractivity contribution in [1.29, 1.82) is 0 Å². The number of rotatable bonds is 4. The molecular formula is C14H24N4O. The van der Waals surface area contributed by atoms with Crippen molar-refractivity contribution in [2.45, 2.75) is 58.9 Å². The highest BCUT2D eigenvalue weighted by Crippen LogP contribution is 2.28. The summed E-state index contributed by atoms with van der Waals surface area (Å²) < 4.78 is 0. The van der Waals surface area contributed by atoms with Gasteiger partial charge in [0.05, 0.1) is 0 Å².